The number of piperidine rings is 1. The zero-order valence-corrected chi connectivity index (χ0v) is 14.9. The highest BCUT2D eigenvalue weighted by molar-refractivity contribution is 5.94. The fourth-order valence-corrected chi connectivity index (χ4v) is 4.17. The molecule has 3 rings (SSSR count). The van der Waals surface area contributed by atoms with Crippen LogP contribution >= 0.6 is 0 Å². The number of hydrogen-bond donors (Lipinski definition) is 1. The van der Waals surface area contributed by atoms with Crippen molar-refractivity contribution in [2.75, 3.05) is 25.0 Å². The van der Waals surface area contributed by atoms with Gasteiger partial charge in [0, 0.05) is 37.4 Å². The summed E-state index contributed by atoms with van der Waals surface area (Å²) in [5, 5.41) is 9.62. The number of benzene rings is 1. The number of carbonyl (C=O) groups is 1. The molecule has 1 saturated heterocycles. The van der Waals surface area contributed by atoms with E-state index in [1.807, 2.05) is 36.2 Å². The van der Waals surface area contributed by atoms with Gasteiger partial charge in [-0.05, 0) is 55.9 Å². The molecule has 1 aromatic carbocycles. The summed E-state index contributed by atoms with van der Waals surface area (Å²) in [6.07, 6.45) is 6.35. The van der Waals surface area contributed by atoms with Crippen molar-refractivity contribution in [2.45, 2.75) is 57.6 Å². The van der Waals surface area contributed by atoms with Crippen molar-refractivity contribution in [1.29, 1.82) is 0 Å². The summed E-state index contributed by atoms with van der Waals surface area (Å²) in [7, 11) is 1.95. The molecule has 24 heavy (non-hydrogen) atoms. The molecule has 2 unspecified atom stereocenters. The van der Waals surface area contributed by atoms with E-state index >= 15 is 0 Å². The molecule has 1 heterocycles. The van der Waals surface area contributed by atoms with Crippen LogP contribution in [0.3, 0.4) is 0 Å². The van der Waals surface area contributed by atoms with Crippen LogP contribution in [0.1, 0.15) is 55.8 Å². The molecule has 2 aliphatic rings. The molecule has 4 heteroatoms. The first kappa shape index (κ1) is 17.3. The highest BCUT2D eigenvalue weighted by Crippen LogP contribution is 2.28. The van der Waals surface area contributed by atoms with Gasteiger partial charge in [-0.3, -0.25) is 4.79 Å². The van der Waals surface area contributed by atoms with Crippen molar-refractivity contribution in [3.05, 3.63) is 29.8 Å². The molecule has 1 amide bonds. The highest BCUT2D eigenvalue weighted by Gasteiger charge is 2.28. The molecule has 0 bridgehead atoms. The average Bonchev–Trinajstić information content (AvgIpc) is 2.62. The maximum Gasteiger partial charge on any atom is 0.253 e. The zero-order valence-electron chi connectivity index (χ0n) is 14.9. The second-order valence-corrected chi connectivity index (χ2v) is 7.51. The Hall–Kier alpha value is -1.55. The SMILES string of the molecule is CC1CCCCC1N(C)C(=O)c1ccc(N2CCC(O)CC2)cc1. The van der Waals surface area contributed by atoms with Gasteiger partial charge < -0.3 is 14.9 Å². The number of aliphatic hydroxyl groups excluding tert-OH is 1. The van der Waals surface area contributed by atoms with Crippen LogP contribution < -0.4 is 4.90 Å². The summed E-state index contributed by atoms with van der Waals surface area (Å²) in [4.78, 5) is 17.0. The van der Waals surface area contributed by atoms with Gasteiger partial charge in [0.2, 0.25) is 0 Å². The minimum Gasteiger partial charge on any atom is -0.393 e. The number of hydrogen-bond acceptors (Lipinski definition) is 3. The predicted octanol–water partition coefficient (Wildman–Crippen LogP) is 3.30. The lowest BCUT2D eigenvalue weighted by Gasteiger charge is -2.36. The van der Waals surface area contributed by atoms with Crippen LogP contribution in [0.4, 0.5) is 5.69 Å². The monoisotopic (exact) mass is 330 g/mol. The lowest BCUT2D eigenvalue weighted by molar-refractivity contribution is 0.0629. The Morgan fingerprint density at radius 3 is 2.33 bits per heavy atom. The molecule has 0 spiro atoms. The van der Waals surface area contributed by atoms with Gasteiger partial charge in [0.15, 0.2) is 0 Å². The van der Waals surface area contributed by atoms with Crippen LogP contribution in [0.15, 0.2) is 24.3 Å². The maximum atomic E-state index is 12.8. The lowest BCUT2D eigenvalue weighted by Crippen LogP contribution is -2.42. The molecule has 1 aliphatic carbocycles. The van der Waals surface area contributed by atoms with E-state index in [0.29, 0.717) is 12.0 Å². The minimum absolute atomic E-state index is 0.134. The molecule has 132 valence electrons. The standard InChI is InChI=1S/C20H30N2O2/c1-15-5-3-4-6-19(15)21(2)20(24)16-7-9-17(10-8-16)22-13-11-18(23)12-14-22/h7-10,15,18-19,23H,3-6,11-14H2,1-2H3. The van der Waals surface area contributed by atoms with Gasteiger partial charge in [-0.2, -0.15) is 0 Å². The largest absolute Gasteiger partial charge is 0.393 e. The zero-order chi connectivity index (χ0) is 17.1. The third-order valence-electron chi connectivity index (χ3n) is 5.83. The molecule has 0 radical (unpaired) electrons. The van der Waals surface area contributed by atoms with E-state index in [4.69, 9.17) is 0 Å². The average molecular weight is 330 g/mol. The molecule has 4 nitrogen and oxygen atoms in total. The number of nitrogens with zero attached hydrogens (tertiary/aromatic N) is 2. The summed E-state index contributed by atoms with van der Waals surface area (Å²) in [5.74, 6) is 0.723. The first-order chi connectivity index (χ1) is 11.6. The molecular weight excluding hydrogens is 300 g/mol. The molecule has 2 atom stereocenters. The topological polar surface area (TPSA) is 43.8 Å². The number of anilines is 1. The van der Waals surface area contributed by atoms with Crippen LogP contribution in [0.25, 0.3) is 0 Å². The van der Waals surface area contributed by atoms with Crippen molar-refractivity contribution >= 4 is 11.6 Å². The van der Waals surface area contributed by atoms with Crippen LogP contribution in [0, 0.1) is 5.92 Å². The second-order valence-electron chi connectivity index (χ2n) is 7.51. The summed E-state index contributed by atoms with van der Waals surface area (Å²) >= 11 is 0. The Kier molecular flexibility index (Phi) is 5.44. The van der Waals surface area contributed by atoms with Crippen molar-refractivity contribution in [3.8, 4) is 0 Å². The first-order valence-electron chi connectivity index (χ1n) is 9.36. The fourth-order valence-electron chi connectivity index (χ4n) is 4.17. The lowest BCUT2D eigenvalue weighted by atomic mass is 9.85. The van der Waals surface area contributed by atoms with Crippen molar-refractivity contribution < 1.29 is 9.90 Å². The van der Waals surface area contributed by atoms with Crippen molar-refractivity contribution in [1.82, 2.24) is 4.90 Å². The predicted molar refractivity (Wildman–Crippen MR) is 97.4 cm³/mol. The Morgan fingerprint density at radius 2 is 1.71 bits per heavy atom. The Bertz CT molecular complexity index is 549. The summed E-state index contributed by atoms with van der Waals surface area (Å²) < 4.78 is 0. The Labute approximate surface area is 145 Å². The molecule has 1 N–H and O–H groups in total. The third kappa shape index (κ3) is 3.75. The molecule has 0 aromatic heterocycles. The quantitative estimate of drug-likeness (QED) is 0.925. The van der Waals surface area contributed by atoms with E-state index in [1.165, 1.54) is 19.3 Å². The van der Waals surface area contributed by atoms with E-state index in [-0.39, 0.29) is 12.0 Å². The molecule has 1 aromatic rings. The minimum atomic E-state index is -0.159. The fraction of sp³-hybridized carbons (Fsp3) is 0.650. The summed E-state index contributed by atoms with van der Waals surface area (Å²) in [6, 6.07) is 8.36. The van der Waals surface area contributed by atoms with Crippen molar-refractivity contribution in [2.24, 2.45) is 5.92 Å². The second kappa shape index (κ2) is 7.56. The van der Waals surface area contributed by atoms with E-state index in [2.05, 4.69) is 11.8 Å². The maximum absolute atomic E-state index is 12.8. The van der Waals surface area contributed by atoms with Crippen LogP contribution in [-0.2, 0) is 0 Å². The summed E-state index contributed by atoms with van der Waals surface area (Å²) in [5.41, 5.74) is 1.92. The van der Waals surface area contributed by atoms with E-state index in [9.17, 15) is 9.90 Å². The Balaban J connectivity index is 1.65. The normalized spacial score (nSPS) is 25.5. The number of carbonyl (C=O) groups excluding carboxylic acids is 1. The summed E-state index contributed by atoms with van der Waals surface area (Å²) in [6.45, 7) is 4.03. The smallest absolute Gasteiger partial charge is 0.253 e. The van der Waals surface area contributed by atoms with Gasteiger partial charge >= 0.3 is 0 Å². The third-order valence-corrected chi connectivity index (χ3v) is 5.83. The molecule has 1 aliphatic heterocycles. The Morgan fingerprint density at radius 1 is 1.08 bits per heavy atom. The first-order valence-corrected chi connectivity index (χ1v) is 9.36. The van der Waals surface area contributed by atoms with Gasteiger partial charge in [0.05, 0.1) is 6.10 Å². The highest BCUT2D eigenvalue weighted by atomic mass is 16.3. The molecule has 2 fully saturated rings. The van der Waals surface area contributed by atoms with Gasteiger partial charge in [-0.25, -0.2) is 0 Å². The van der Waals surface area contributed by atoms with Crippen LogP contribution in [0.5, 0.6) is 0 Å². The number of aliphatic hydroxyl groups is 1. The van der Waals surface area contributed by atoms with Gasteiger partial charge in [-0.1, -0.05) is 19.8 Å². The van der Waals surface area contributed by atoms with Crippen LogP contribution in [0.2, 0.25) is 0 Å². The van der Waals surface area contributed by atoms with Gasteiger partial charge in [0.1, 0.15) is 0 Å². The van der Waals surface area contributed by atoms with Gasteiger partial charge in [-0.15, -0.1) is 0 Å². The van der Waals surface area contributed by atoms with E-state index < -0.39 is 0 Å². The van der Waals surface area contributed by atoms with Crippen molar-refractivity contribution in [3.63, 3.8) is 0 Å². The van der Waals surface area contributed by atoms with E-state index in [0.717, 1.165) is 43.6 Å². The molecular formula is C20H30N2O2. The van der Waals surface area contributed by atoms with E-state index in [1.54, 1.807) is 0 Å². The van der Waals surface area contributed by atoms with Crippen LogP contribution in [-0.4, -0.2) is 48.2 Å². The van der Waals surface area contributed by atoms with Gasteiger partial charge in [0.25, 0.3) is 5.91 Å². The molecule has 1 saturated carbocycles. The number of rotatable bonds is 3. The number of amides is 1.